The van der Waals surface area contributed by atoms with Crippen molar-refractivity contribution in [3.63, 3.8) is 0 Å². The summed E-state index contributed by atoms with van der Waals surface area (Å²) in [6, 6.07) is 16.2. The Balaban J connectivity index is 1.76. The highest BCUT2D eigenvalue weighted by atomic mass is 16.5. The first kappa shape index (κ1) is 22.9. The Bertz CT molecular complexity index is 1020. The van der Waals surface area contributed by atoms with E-state index in [-0.39, 0.29) is 0 Å². The number of aromatic nitrogens is 1. The molecule has 0 bridgehead atoms. The van der Waals surface area contributed by atoms with E-state index >= 15 is 0 Å². The van der Waals surface area contributed by atoms with Crippen LogP contribution in [0.2, 0.25) is 0 Å². The van der Waals surface area contributed by atoms with Crippen LogP contribution in [-0.4, -0.2) is 30.8 Å². The molecular weight excluding hydrogens is 406 g/mol. The highest BCUT2D eigenvalue weighted by Crippen LogP contribution is 2.39. The van der Waals surface area contributed by atoms with Gasteiger partial charge in [0.05, 0.1) is 31.1 Å². The third-order valence-electron chi connectivity index (χ3n) is 4.37. The molecular formula is C26H27NO5. The molecule has 1 aromatic heterocycles. The summed E-state index contributed by atoms with van der Waals surface area (Å²) >= 11 is 0. The van der Waals surface area contributed by atoms with Gasteiger partial charge in [-0.25, -0.2) is 4.79 Å². The van der Waals surface area contributed by atoms with E-state index in [2.05, 4.69) is 4.98 Å². The molecule has 3 aromatic rings. The maximum absolute atomic E-state index is 12.8. The molecule has 0 spiro atoms. The standard InChI is InChI=1S/C26H27NO5/c1-4-29-23-17-20(18-24(30-5-2)25(23)31-6-3)26(28)32-22-14-11-19(12-15-22)10-13-21-9-7-8-16-27-21/h7-18H,4-6H2,1-3H3/b13-10+. The van der Waals surface area contributed by atoms with Gasteiger partial charge in [0, 0.05) is 6.20 Å². The molecule has 0 N–H and O–H groups in total. The van der Waals surface area contributed by atoms with Gasteiger partial charge in [-0.1, -0.05) is 24.3 Å². The van der Waals surface area contributed by atoms with Gasteiger partial charge in [-0.15, -0.1) is 0 Å². The van der Waals surface area contributed by atoms with Crippen molar-refractivity contribution in [3.05, 3.63) is 77.6 Å². The fourth-order valence-corrected chi connectivity index (χ4v) is 2.98. The fourth-order valence-electron chi connectivity index (χ4n) is 2.98. The first-order valence-electron chi connectivity index (χ1n) is 10.6. The van der Waals surface area contributed by atoms with E-state index in [1.54, 1.807) is 30.5 Å². The highest BCUT2D eigenvalue weighted by Gasteiger charge is 2.19. The van der Waals surface area contributed by atoms with E-state index in [1.165, 1.54) is 0 Å². The van der Waals surface area contributed by atoms with Crippen LogP contribution >= 0.6 is 0 Å². The van der Waals surface area contributed by atoms with E-state index in [1.807, 2.05) is 63.3 Å². The second-order valence-electron chi connectivity index (χ2n) is 6.65. The molecule has 6 nitrogen and oxygen atoms in total. The van der Waals surface area contributed by atoms with Crippen molar-refractivity contribution >= 4 is 18.1 Å². The van der Waals surface area contributed by atoms with Gasteiger partial charge >= 0.3 is 5.97 Å². The number of nitrogens with zero attached hydrogens (tertiary/aromatic N) is 1. The number of esters is 1. The summed E-state index contributed by atoms with van der Waals surface area (Å²) in [5.41, 5.74) is 2.15. The summed E-state index contributed by atoms with van der Waals surface area (Å²) in [5, 5.41) is 0. The number of benzene rings is 2. The Labute approximate surface area is 188 Å². The summed E-state index contributed by atoms with van der Waals surface area (Å²) < 4.78 is 22.6. The normalized spacial score (nSPS) is 10.7. The molecule has 0 radical (unpaired) electrons. The zero-order valence-electron chi connectivity index (χ0n) is 18.5. The van der Waals surface area contributed by atoms with E-state index in [9.17, 15) is 4.79 Å². The second kappa shape index (κ2) is 11.6. The van der Waals surface area contributed by atoms with Gasteiger partial charge in [0.1, 0.15) is 5.75 Å². The van der Waals surface area contributed by atoms with Crippen LogP contribution in [0, 0.1) is 0 Å². The van der Waals surface area contributed by atoms with Crippen LogP contribution in [0.25, 0.3) is 12.2 Å². The van der Waals surface area contributed by atoms with Crippen LogP contribution in [0.5, 0.6) is 23.0 Å². The quantitative estimate of drug-likeness (QED) is 0.303. The minimum atomic E-state index is -0.508. The van der Waals surface area contributed by atoms with E-state index < -0.39 is 5.97 Å². The zero-order valence-corrected chi connectivity index (χ0v) is 18.5. The van der Waals surface area contributed by atoms with Crippen molar-refractivity contribution in [2.24, 2.45) is 0 Å². The second-order valence-corrected chi connectivity index (χ2v) is 6.65. The van der Waals surface area contributed by atoms with Crippen LogP contribution in [0.3, 0.4) is 0 Å². The lowest BCUT2D eigenvalue weighted by molar-refractivity contribution is 0.0733. The van der Waals surface area contributed by atoms with Crippen LogP contribution in [0.15, 0.2) is 60.8 Å². The number of hydrogen-bond acceptors (Lipinski definition) is 6. The third-order valence-corrected chi connectivity index (χ3v) is 4.37. The Morgan fingerprint density at radius 1 is 0.844 bits per heavy atom. The van der Waals surface area contributed by atoms with E-state index in [0.29, 0.717) is 48.4 Å². The lowest BCUT2D eigenvalue weighted by Gasteiger charge is -2.16. The molecule has 1 heterocycles. The monoisotopic (exact) mass is 433 g/mol. The van der Waals surface area contributed by atoms with Gasteiger partial charge in [0.15, 0.2) is 11.5 Å². The molecule has 0 amide bonds. The van der Waals surface area contributed by atoms with Gasteiger partial charge in [0.25, 0.3) is 0 Å². The molecule has 2 aromatic carbocycles. The van der Waals surface area contributed by atoms with Crippen LogP contribution < -0.4 is 18.9 Å². The Hall–Kier alpha value is -3.80. The number of ether oxygens (including phenoxy) is 4. The number of hydrogen-bond donors (Lipinski definition) is 0. The molecule has 0 saturated carbocycles. The smallest absolute Gasteiger partial charge is 0.343 e. The van der Waals surface area contributed by atoms with Crippen LogP contribution in [-0.2, 0) is 0 Å². The molecule has 0 atom stereocenters. The summed E-state index contributed by atoms with van der Waals surface area (Å²) in [4.78, 5) is 17.1. The minimum absolute atomic E-state index is 0.319. The number of rotatable bonds is 10. The Morgan fingerprint density at radius 3 is 2.06 bits per heavy atom. The highest BCUT2D eigenvalue weighted by molar-refractivity contribution is 5.92. The fraction of sp³-hybridized carbons (Fsp3) is 0.231. The van der Waals surface area contributed by atoms with Crippen molar-refractivity contribution in [1.29, 1.82) is 0 Å². The largest absolute Gasteiger partial charge is 0.490 e. The first-order chi connectivity index (χ1) is 15.6. The molecule has 0 aliphatic rings. The maximum Gasteiger partial charge on any atom is 0.343 e. The summed E-state index contributed by atoms with van der Waals surface area (Å²) in [6.45, 7) is 6.92. The van der Waals surface area contributed by atoms with E-state index in [0.717, 1.165) is 11.3 Å². The van der Waals surface area contributed by atoms with Crippen molar-refractivity contribution < 1.29 is 23.7 Å². The molecule has 0 fully saturated rings. The van der Waals surface area contributed by atoms with Crippen molar-refractivity contribution in [1.82, 2.24) is 4.98 Å². The molecule has 3 rings (SSSR count). The van der Waals surface area contributed by atoms with Crippen LogP contribution in [0.4, 0.5) is 0 Å². The number of carbonyl (C=O) groups excluding carboxylic acids is 1. The molecule has 0 aliphatic heterocycles. The number of carbonyl (C=O) groups is 1. The van der Waals surface area contributed by atoms with Gasteiger partial charge in [-0.05, 0) is 68.8 Å². The molecule has 0 saturated heterocycles. The SMILES string of the molecule is CCOc1cc(C(=O)Oc2ccc(/C=C/c3ccccn3)cc2)cc(OCC)c1OCC. The lowest BCUT2D eigenvalue weighted by Crippen LogP contribution is -2.11. The predicted molar refractivity (Wildman–Crippen MR) is 125 cm³/mol. The average Bonchev–Trinajstić information content (AvgIpc) is 2.81. The lowest BCUT2D eigenvalue weighted by atomic mass is 10.1. The topological polar surface area (TPSA) is 66.9 Å². The van der Waals surface area contributed by atoms with Crippen molar-refractivity contribution in [2.45, 2.75) is 20.8 Å². The van der Waals surface area contributed by atoms with Crippen molar-refractivity contribution in [2.75, 3.05) is 19.8 Å². The summed E-state index contributed by atoms with van der Waals surface area (Å²) in [6.07, 6.45) is 5.62. The maximum atomic E-state index is 12.8. The minimum Gasteiger partial charge on any atom is -0.490 e. The first-order valence-corrected chi connectivity index (χ1v) is 10.6. The average molecular weight is 434 g/mol. The van der Waals surface area contributed by atoms with Gasteiger partial charge in [-0.2, -0.15) is 0 Å². The summed E-state index contributed by atoms with van der Waals surface area (Å²) in [5.74, 6) is 1.31. The van der Waals surface area contributed by atoms with Gasteiger partial charge in [0.2, 0.25) is 5.75 Å². The summed E-state index contributed by atoms with van der Waals surface area (Å²) in [7, 11) is 0. The zero-order chi connectivity index (χ0) is 22.8. The van der Waals surface area contributed by atoms with Gasteiger partial charge < -0.3 is 18.9 Å². The molecule has 166 valence electrons. The van der Waals surface area contributed by atoms with E-state index in [4.69, 9.17) is 18.9 Å². The molecule has 32 heavy (non-hydrogen) atoms. The van der Waals surface area contributed by atoms with Crippen molar-refractivity contribution in [3.8, 4) is 23.0 Å². The number of pyridine rings is 1. The molecule has 6 heteroatoms. The Morgan fingerprint density at radius 2 is 1.50 bits per heavy atom. The third kappa shape index (κ3) is 6.11. The predicted octanol–water partition coefficient (Wildman–Crippen LogP) is 5.67. The Kier molecular flexibility index (Phi) is 8.26. The molecule has 0 aliphatic carbocycles. The van der Waals surface area contributed by atoms with Crippen LogP contribution in [0.1, 0.15) is 42.4 Å². The van der Waals surface area contributed by atoms with Gasteiger partial charge in [-0.3, -0.25) is 4.98 Å². The molecule has 0 unspecified atom stereocenters.